The molecule has 3 heteroatoms. The lowest BCUT2D eigenvalue weighted by atomic mass is 9.92. The fourth-order valence-corrected chi connectivity index (χ4v) is 4.17. The fourth-order valence-electron chi connectivity index (χ4n) is 4.17. The number of rotatable bonds is 13. The molecule has 1 N–H and O–H groups in total. The summed E-state index contributed by atoms with van der Waals surface area (Å²) in [7, 11) is 0. The second-order valence-electron chi connectivity index (χ2n) is 8.86. The summed E-state index contributed by atoms with van der Waals surface area (Å²) in [6, 6.07) is 8.97. The Bertz CT molecular complexity index is 852. The minimum atomic E-state index is 0.232. The van der Waals surface area contributed by atoms with Crippen molar-refractivity contribution >= 4 is 0 Å². The molecule has 0 bridgehead atoms. The topological polar surface area (TPSA) is 42.0 Å². The molecule has 0 aromatic heterocycles. The van der Waals surface area contributed by atoms with Crippen molar-refractivity contribution < 1.29 is 14.6 Å². The van der Waals surface area contributed by atoms with Gasteiger partial charge in [0, 0.05) is 6.42 Å². The van der Waals surface area contributed by atoms with E-state index in [0.717, 1.165) is 74.8 Å². The Hall–Kier alpha value is -2.00. The number of aryl methyl sites for hydroxylation is 4. The number of phenols is 1. The lowest BCUT2D eigenvalue weighted by Crippen LogP contribution is -2.10. The molecule has 1 heterocycles. The predicted molar refractivity (Wildman–Crippen MR) is 129 cm³/mol. The molecule has 0 radical (unpaired) electrons. The summed E-state index contributed by atoms with van der Waals surface area (Å²) >= 11 is 0. The van der Waals surface area contributed by atoms with Gasteiger partial charge in [0.25, 0.3) is 0 Å². The fraction of sp³-hybridized carbons (Fsp3) is 0.571. The largest absolute Gasteiger partial charge is 0.507 e. The molecule has 0 spiro atoms. The van der Waals surface area contributed by atoms with Crippen LogP contribution in [0.3, 0.4) is 0 Å². The number of hydrogen-bond donors (Lipinski definition) is 1. The first-order valence-electron chi connectivity index (χ1n) is 12.3. The molecule has 2 aromatic carbocycles. The number of phenolic OH excluding ortho intramolecular Hbond substituents is 1. The van der Waals surface area contributed by atoms with E-state index in [1.807, 2.05) is 0 Å². The Kier molecular flexibility index (Phi) is 8.83. The van der Waals surface area contributed by atoms with Crippen molar-refractivity contribution in [3.05, 3.63) is 57.6 Å². The monoisotopic (exact) mass is 424 g/mol. The molecular formula is C28H40O3. The van der Waals surface area contributed by atoms with Crippen LogP contribution in [0.15, 0.2) is 24.3 Å². The van der Waals surface area contributed by atoms with Gasteiger partial charge in [-0.1, -0.05) is 64.8 Å². The summed E-state index contributed by atoms with van der Waals surface area (Å²) in [5.74, 6) is 1.48. The molecule has 3 rings (SSSR count). The number of unbranched alkanes of at least 4 members (excludes halogenated alkanes) is 2. The van der Waals surface area contributed by atoms with Crippen molar-refractivity contribution in [2.75, 3.05) is 13.2 Å². The van der Waals surface area contributed by atoms with Crippen molar-refractivity contribution in [1.29, 1.82) is 0 Å². The number of benzene rings is 2. The quantitative estimate of drug-likeness (QED) is 0.370. The Morgan fingerprint density at radius 1 is 0.839 bits per heavy atom. The van der Waals surface area contributed by atoms with E-state index in [-0.39, 0.29) is 6.10 Å². The van der Waals surface area contributed by atoms with E-state index in [2.05, 4.69) is 52.0 Å². The smallest absolute Gasteiger partial charge is 0.126 e. The van der Waals surface area contributed by atoms with Crippen LogP contribution < -0.4 is 4.74 Å². The molecule has 0 amide bonds. The van der Waals surface area contributed by atoms with Crippen LogP contribution in [-0.2, 0) is 36.8 Å². The van der Waals surface area contributed by atoms with Gasteiger partial charge in [0.15, 0.2) is 0 Å². The van der Waals surface area contributed by atoms with Gasteiger partial charge in [-0.15, -0.1) is 0 Å². The zero-order chi connectivity index (χ0) is 22.2. The van der Waals surface area contributed by atoms with Crippen LogP contribution in [0.1, 0.15) is 86.8 Å². The average molecular weight is 425 g/mol. The summed E-state index contributed by atoms with van der Waals surface area (Å²) in [6.45, 7) is 10.2. The normalized spacial score (nSPS) is 15.3. The Labute approximate surface area is 188 Å². The SMILES string of the molecule is CCCCc1cc(CC)cc(Cc2cc(CC)cc(CCCC)c2OCC2CO2)c1O. The number of epoxide rings is 1. The van der Waals surface area contributed by atoms with E-state index in [1.165, 1.54) is 22.3 Å². The lowest BCUT2D eigenvalue weighted by Gasteiger charge is -2.19. The van der Waals surface area contributed by atoms with Gasteiger partial charge in [-0.2, -0.15) is 0 Å². The first-order chi connectivity index (χ1) is 15.1. The Morgan fingerprint density at radius 3 is 1.97 bits per heavy atom. The minimum absolute atomic E-state index is 0.232. The van der Waals surface area contributed by atoms with Crippen LogP contribution in [-0.4, -0.2) is 24.4 Å². The van der Waals surface area contributed by atoms with E-state index in [0.29, 0.717) is 18.8 Å². The maximum Gasteiger partial charge on any atom is 0.126 e. The van der Waals surface area contributed by atoms with Crippen LogP contribution >= 0.6 is 0 Å². The maximum atomic E-state index is 11.1. The zero-order valence-corrected chi connectivity index (χ0v) is 19.9. The second kappa shape index (κ2) is 11.6. The van der Waals surface area contributed by atoms with Crippen LogP contribution in [0.4, 0.5) is 0 Å². The van der Waals surface area contributed by atoms with Gasteiger partial charge < -0.3 is 14.6 Å². The molecule has 31 heavy (non-hydrogen) atoms. The van der Waals surface area contributed by atoms with Crippen molar-refractivity contribution in [3.63, 3.8) is 0 Å². The second-order valence-corrected chi connectivity index (χ2v) is 8.86. The molecule has 0 saturated carbocycles. The van der Waals surface area contributed by atoms with E-state index < -0.39 is 0 Å². The molecule has 1 unspecified atom stereocenters. The summed E-state index contributed by atoms with van der Waals surface area (Å²) < 4.78 is 11.7. The van der Waals surface area contributed by atoms with Crippen molar-refractivity contribution in [3.8, 4) is 11.5 Å². The number of ether oxygens (including phenoxy) is 2. The molecule has 0 aliphatic carbocycles. The van der Waals surface area contributed by atoms with Gasteiger partial charge in [-0.05, 0) is 71.9 Å². The van der Waals surface area contributed by atoms with Gasteiger partial charge in [0.1, 0.15) is 24.2 Å². The van der Waals surface area contributed by atoms with Crippen molar-refractivity contribution in [2.45, 2.75) is 91.6 Å². The highest BCUT2D eigenvalue weighted by Gasteiger charge is 2.25. The van der Waals surface area contributed by atoms with E-state index in [4.69, 9.17) is 9.47 Å². The summed E-state index contributed by atoms with van der Waals surface area (Å²) in [4.78, 5) is 0. The van der Waals surface area contributed by atoms with Gasteiger partial charge in [0.2, 0.25) is 0 Å². The van der Waals surface area contributed by atoms with E-state index >= 15 is 0 Å². The molecule has 2 aromatic rings. The molecule has 170 valence electrons. The average Bonchev–Trinajstić information content (AvgIpc) is 3.61. The highest BCUT2D eigenvalue weighted by molar-refractivity contribution is 5.51. The highest BCUT2D eigenvalue weighted by atomic mass is 16.6. The number of aromatic hydroxyl groups is 1. The molecular weight excluding hydrogens is 384 g/mol. The molecule has 1 aliphatic rings. The molecule has 1 atom stereocenters. The molecule has 1 aliphatic heterocycles. The predicted octanol–water partition coefficient (Wildman–Crippen LogP) is 6.57. The highest BCUT2D eigenvalue weighted by Crippen LogP contribution is 2.35. The standard InChI is InChI=1S/C28H40O3/c1-5-9-11-22-13-20(7-3)15-24(27(22)29)17-25-16-21(8-4)14-23(12-10-6-2)28(25)31-19-26-18-30-26/h13-16,26,29H,5-12,17-19H2,1-4H3. The number of hydrogen-bond acceptors (Lipinski definition) is 3. The van der Waals surface area contributed by atoms with Crippen molar-refractivity contribution in [1.82, 2.24) is 0 Å². The van der Waals surface area contributed by atoms with Crippen LogP contribution in [0, 0.1) is 0 Å². The molecule has 3 nitrogen and oxygen atoms in total. The van der Waals surface area contributed by atoms with Crippen molar-refractivity contribution in [2.24, 2.45) is 0 Å². The van der Waals surface area contributed by atoms with Gasteiger partial charge in [0.05, 0.1) is 6.61 Å². The summed E-state index contributed by atoms with van der Waals surface area (Å²) in [6.07, 6.45) is 9.42. The van der Waals surface area contributed by atoms with E-state index in [9.17, 15) is 5.11 Å². The minimum Gasteiger partial charge on any atom is -0.507 e. The lowest BCUT2D eigenvalue weighted by molar-refractivity contribution is 0.259. The molecule has 1 saturated heterocycles. The first kappa shape index (κ1) is 23.7. The third kappa shape index (κ3) is 6.49. The van der Waals surface area contributed by atoms with E-state index in [1.54, 1.807) is 0 Å². The van der Waals surface area contributed by atoms with Gasteiger partial charge >= 0.3 is 0 Å². The summed E-state index contributed by atoms with van der Waals surface area (Å²) in [5, 5.41) is 11.1. The summed E-state index contributed by atoms with van der Waals surface area (Å²) in [5.41, 5.74) is 7.24. The van der Waals surface area contributed by atoms with Crippen LogP contribution in [0.2, 0.25) is 0 Å². The third-order valence-corrected chi connectivity index (χ3v) is 6.24. The third-order valence-electron chi connectivity index (χ3n) is 6.24. The zero-order valence-electron chi connectivity index (χ0n) is 19.9. The van der Waals surface area contributed by atoms with Crippen LogP contribution in [0.25, 0.3) is 0 Å². The van der Waals surface area contributed by atoms with Crippen LogP contribution in [0.5, 0.6) is 11.5 Å². The van der Waals surface area contributed by atoms with Gasteiger partial charge in [-0.3, -0.25) is 0 Å². The molecule has 1 fully saturated rings. The Morgan fingerprint density at radius 2 is 1.39 bits per heavy atom. The maximum absolute atomic E-state index is 11.1. The van der Waals surface area contributed by atoms with Gasteiger partial charge in [-0.25, -0.2) is 0 Å². The first-order valence-corrected chi connectivity index (χ1v) is 12.3. The Balaban J connectivity index is 1.99.